The van der Waals surface area contributed by atoms with E-state index in [1.807, 2.05) is 4.90 Å². The fourth-order valence-electron chi connectivity index (χ4n) is 2.65. The van der Waals surface area contributed by atoms with E-state index >= 15 is 0 Å². The molecule has 21 heavy (non-hydrogen) atoms. The first-order valence-electron chi connectivity index (χ1n) is 7.19. The number of carbonyl (C=O) groups excluding carboxylic acids is 1. The van der Waals surface area contributed by atoms with Gasteiger partial charge in [0.25, 0.3) is 0 Å². The molecular weight excluding hydrogens is 270 g/mol. The summed E-state index contributed by atoms with van der Waals surface area (Å²) in [6.07, 6.45) is 2.11. The zero-order chi connectivity index (χ0) is 15.2. The number of likely N-dealkylation sites (tertiary alicyclic amines) is 1. The average Bonchev–Trinajstić information content (AvgIpc) is 2.94. The zero-order valence-electron chi connectivity index (χ0n) is 12.2. The third-order valence-electron chi connectivity index (χ3n) is 3.87. The number of carbonyl (C=O) groups is 2. The highest BCUT2D eigenvalue weighted by atomic mass is 16.5. The molecule has 0 bridgehead atoms. The molecule has 0 radical (unpaired) electrons. The van der Waals surface area contributed by atoms with Gasteiger partial charge in [-0.05, 0) is 30.5 Å². The van der Waals surface area contributed by atoms with Crippen molar-refractivity contribution in [2.45, 2.75) is 19.3 Å². The number of nitrogens with zero attached hydrogens (tertiary/aromatic N) is 1. The Kier molecular flexibility index (Phi) is 5.33. The summed E-state index contributed by atoms with van der Waals surface area (Å²) >= 11 is 0. The second-order valence-corrected chi connectivity index (χ2v) is 5.45. The van der Waals surface area contributed by atoms with Crippen molar-refractivity contribution in [3.63, 3.8) is 0 Å². The van der Waals surface area contributed by atoms with Crippen LogP contribution in [0.4, 0.5) is 0 Å². The highest BCUT2D eigenvalue weighted by Gasteiger charge is 2.25. The Morgan fingerprint density at radius 1 is 1.33 bits per heavy atom. The van der Waals surface area contributed by atoms with Gasteiger partial charge in [-0.2, -0.15) is 0 Å². The molecule has 1 aromatic rings. The second-order valence-electron chi connectivity index (χ2n) is 5.45. The molecule has 1 amide bonds. The van der Waals surface area contributed by atoms with E-state index in [0.717, 1.165) is 25.1 Å². The molecule has 1 aliphatic rings. The molecule has 1 aromatic carbocycles. The van der Waals surface area contributed by atoms with Gasteiger partial charge in [-0.1, -0.05) is 12.1 Å². The Balaban J connectivity index is 1.80. The number of carboxylic acids is 1. The quantitative estimate of drug-likeness (QED) is 0.868. The van der Waals surface area contributed by atoms with Crippen molar-refractivity contribution in [2.75, 3.05) is 26.8 Å². The Morgan fingerprint density at radius 3 is 2.67 bits per heavy atom. The second kappa shape index (κ2) is 7.22. The first-order valence-corrected chi connectivity index (χ1v) is 7.19. The first-order chi connectivity index (χ1) is 10.1. The SMILES string of the molecule is COCC1CCN(C(=O)CCc2ccc(C(=O)O)cc2)C1. The van der Waals surface area contributed by atoms with Crippen LogP contribution in [-0.2, 0) is 16.0 Å². The number of hydrogen-bond acceptors (Lipinski definition) is 3. The number of amides is 1. The van der Waals surface area contributed by atoms with E-state index in [2.05, 4.69) is 0 Å². The molecule has 1 unspecified atom stereocenters. The lowest BCUT2D eigenvalue weighted by molar-refractivity contribution is -0.130. The number of rotatable bonds is 6. The van der Waals surface area contributed by atoms with E-state index in [-0.39, 0.29) is 11.5 Å². The molecule has 0 aliphatic carbocycles. The number of aromatic carboxylic acids is 1. The Morgan fingerprint density at radius 2 is 2.05 bits per heavy atom. The van der Waals surface area contributed by atoms with Gasteiger partial charge < -0.3 is 14.7 Å². The van der Waals surface area contributed by atoms with Gasteiger partial charge in [0.05, 0.1) is 12.2 Å². The number of ether oxygens (including phenoxy) is 1. The molecule has 0 saturated carbocycles. The van der Waals surface area contributed by atoms with Crippen molar-refractivity contribution in [1.82, 2.24) is 4.90 Å². The van der Waals surface area contributed by atoms with Gasteiger partial charge in [0, 0.05) is 32.5 Å². The van der Waals surface area contributed by atoms with Crippen LogP contribution in [0.1, 0.15) is 28.8 Å². The predicted molar refractivity (Wildman–Crippen MR) is 78.3 cm³/mol. The van der Waals surface area contributed by atoms with Crippen LogP contribution >= 0.6 is 0 Å². The van der Waals surface area contributed by atoms with Gasteiger partial charge in [0.1, 0.15) is 0 Å². The van der Waals surface area contributed by atoms with Crippen molar-refractivity contribution in [3.05, 3.63) is 35.4 Å². The van der Waals surface area contributed by atoms with Gasteiger partial charge in [0.2, 0.25) is 5.91 Å². The van der Waals surface area contributed by atoms with Crippen LogP contribution in [0.15, 0.2) is 24.3 Å². The molecule has 1 atom stereocenters. The topological polar surface area (TPSA) is 66.8 Å². The average molecular weight is 291 g/mol. The molecular formula is C16H21NO4. The third kappa shape index (κ3) is 4.29. The fourth-order valence-corrected chi connectivity index (χ4v) is 2.65. The number of methoxy groups -OCH3 is 1. The third-order valence-corrected chi connectivity index (χ3v) is 3.87. The van der Waals surface area contributed by atoms with E-state index in [0.29, 0.717) is 25.4 Å². The molecule has 0 spiro atoms. The molecule has 5 heteroatoms. The van der Waals surface area contributed by atoms with Crippen molar-refractivity contribution < 1.29 is 19.4 Å². The highest BCUT2D eigenvalue weighted by molar-refractivity contribution is 5.87. The number of hydrogen-bond donors (Lipinski definition) is 1. The summed E-state index contributed by atoms with van der Waals surface area (Å²) in [7, 11) is 1.69. The van der Waals surface area contributed by atoms with Gasteiger partial charge in [0.15, 0.2) is 0 Å². The molecule has 1 aliphatic heterocycles. The van der Waals surface area contributed by atoms with Gasteiger partial charge in [-0.3, -0.25) is 4.79 Å². The van der Waals surface area contributed by atoms with Gasteiger partial charge >= 0.3 is 5.97 Å². The minimum Gasteiger partial charge on any atom is -0.478 e. The van der Waals surface area contributed by atoms with Crippen molar-refractivity contribution >= 4 is 11.9 Å². The minimum absolute atomic E-state index is 0.163. The van der Waals surface area contributed by atoms with Crippen LogP contribution in [0.2, 0.25) is 0 Å². The minimum atomic E-state index is -0.932. The summed E-state index contributed by atoms with van der Waals surface area (Å²) in [5.74, 6) is -0.316. The number of aryl methyl sites for hydroxylation is 1. The standard InChI is InChI=1S/C16H21NO4/c1-21-11-13-8-9-17(10-13)15(18)7-4-12-2-5-14(6-3-12)16(19)20/h2-3,5-6,13H,4,7-11H2,1H3,(H,19,20). The summed E-state index contributed by atoms with van der Waals surface area (Å²) in [5.41, 5.74) is 1.26. The molecule has 1 N–H and O–H groups in total. The van der Waals surface area contributed by atoms with E-state index < -0.39 is 5.97 Å². The largest absolute Gasteiger partial charge is 0.478 e. The normalized spacial score (nSPS) is 18.0. The molecule has 1 heterocycles. The highest BCUT2D eigenvalue weighted by Crippen LogP contribution is 2.18. The van der Waals surface area contributed by atoms with Crippen LogP contribution in [0.25, 0.3) is 0 Å². The summed E-state index contributed by atoms with van der Waals surface area (Å²) in [6, 6.07) is 6.70. The van der Waals surface area contributed by atoms with Gasteiger partial charge in [-0.25, -0.2) is 4.79 Å². The van der Waals surface area contributed by atoms with E-state index in [9.17, 15) is 9.59 Å². The molecule has 1 saturated heterocycles. The Bertz CT molecular complexity index is 498. The number of benzene rings is 1. The van der Waals surface area contributed by atoms with Crippen molar-refractivity contribution in [1.29, 1.82) is 0 Å². The fraction of sp³-hybridized carbons (Fsp3) is 0.500. The summed E-state index contributed by atoms with van der Waals surface area (Å²) in [6.45, 7) is 2.30. The smallest absolute Gasteiger partial charge is 0.335 e. The van der Waals surface area contributed by atoms with Crippen LogP contribution < -0.4 is 0 Å². The first kappa shape index (κ1) is 15.5. The lowest BCUT2D eigenvalue weighted by Crippen LogP contribution is -2.29. The number of carboxylic acid groups (broad SMARTS) is 1. The summed E-state index contributed by atoms with van der Waals surface area (Å²) in [4.78, 5) is 24.8. The van der Waals surface area contributed by atoms with E-state index in [1.54, 1.807) is 31.4 Å². The molecule has 5 nitrogen and oxygen atoms in total. The molecule has 114 valence electrons. The summed E-state index contributed by atoms with van der Waals surface area (Å²) < 4.78 is 5.13. The molecule has 0 aromatic heterocycles. The lowest BCUT2D eigenvalue weighted by atomic mass is 10.1. The maximum atomic E-state index is 12.1. The van der Waals surface area contributed by atoms with Crippen LogP contribution in [0.3, 0.4) is 0 Å². The zero-order valence-corrected chi connectivity index (χ0v) is 12.2. The molecule has 1 fully saturated rings. The Hall–Kier alpha value is -1.88. The van der Waals surface area contributed by atoms with Crippen molar-refractivity contribution in [3.8, 4) is 0 Å². The monoisotopic (exact) mass is 291 g/mol. The maximum Gasteiger partial charge on any atom is 0.335 e. The van der Waals surface area contributed by atoms with E-state index in [4.69, 9.17) is 9.84 Å². The van der Waals surface area contributed by atoms with Crippen molar-refractivity contribution in [2.24, 2.45) is 5.92 Å². The van der Waals surface area contributed by atoms with E-state index in [1.165, 1.54) is 0 Å². The summed E-state index contributed by atoms with van der Waals surface area (Å²) in [5, 5.41) is 8.83. The van der Waals surface area contributed by atoms with Crippen LogP contribution in [-0.4, -0.2) is 48.7 Å². The lowest BCUT2D eigenvalue weighted by Gasteiger charge is -2.16. The van der Waals surface area contributed by atoms with Crippen LogP contribution in [0, 0.1) is 5.92 Å². The van der Waals surface area contributed by atoms with Crippen LogP contribution in [0.5, 0.6) is 0 Å². The Labute approximate surface area is 124 Å². The predicted octanol–water partition coefficient (Wildman–Crippen LogP) is 1.81. The maximum absolute atomic E-state index is 12.1. The molecule has 2 rings (SSSR count). The van der Waals surface area contributed by atoms with Gasteiger partial charge in [-0.15, -0.1) is 0 Å².